The van der Waals surface area contributed by atoms with Crippen LogP contribution >= 0.6 is 21.6 Å². The van der Waals surface area contributed by atoms with Gasteiger partial charge in [-0.15, -0.1) is 0 Å². The number of aliphatic carboxylic acids is 5. The summed E-state index contributed by atoms with van der Waals surface area (Å²) in [6, 6.07) is -4.47. The van der Waals surface area contributed by atoms with Crippen LogP contribution in [0, 0.1) is 0 Å². The second-order valence-corrected chi connectivity index (χ2v) is 34.6. The van der Waals surface area contributed by atoms with Crippen LogP contribution in [-0.2, 0) is 80.2 Å². The summed E-state index contributed by atoms with van der Waals surface area (Å²) in [5, 5.41) is 191. The van der Waals surface area contributed by atoms with Crippen molar-refractivity contribution in [3.63, 3.8) is 0 Å². The monoisotopic (exact) mass is 2040 g/mol. The normalized spacial score (nSPS) is 14.7. The van der Waals surface area contributed by atoms with Crippen molar-refractivity contribution in [2.75, 3.05) is 78.8 Å². The van der Waals surface area contributed by atoms with Crippen molar-refractivity contribution in [2.24, 2.45) is 0 Å². The minimum Gasteiger partial charge on any atom is -0.481 e. The maximum atomic E-state index is 14.9. The van der Waals surface area contributed by atoms with Gasteiger partial charge >= 0.3 is 29.8 Å². The molecule has 0 fully saturated rings. The molecule has 0 saturated heterocycles. The fraction of sp³-hybridized carbons (Fsp3) is 0.518. The fourth-order valence-electron chi connectivity index (χ4n) is 13.1. The third kappa shape index (κ3) is 40.6. The largest absolute Gasteiger partial charge is 0.481 e. The number of hydrogen-bond donors (Lipinski definition) is 33. The molecule has 2 aromatic carbocycles. The maximum Gasteiger partial charge on any atom is 0.327 e. The number of aliphatic hydroxyl groups is 11. The third-order valence-electron chi connectivity index (χ3n) is 21.0. The van der Waals surface area contributed by atoms with Crippen LogP contribution in [0.4, 0.5) is 29.1 Å². The van der Waals surface area contributed by atoms with E-state index >= 15 is 0 Å². The van der Waals surface area contributed by atoms with Gasteiger partial charge in [0.1, 0.15) is 72.8 Å². The van der Waals surface area contributed by atoms with E-state index in [1.807, 2.05) is 0 Å². The van der Waals surface area contributed by atoms with E-state index in [9.17, 15) is 163 Å². The number of aromatic nitrogens is 8. The Morgan fingerprint density at radius 2 is 0.746 bits per heavy atom. The second-order valence-electron chi connectivity index (χ2n) is 32.0. The molecule has 11 amide bonds. The van der Waals surface area contributed by atoms with Gasteiger partial charge in [0.05, 0.1) is 81.1 Å². The molecule has 16 atom stereocenters. The molecular weight excluding hydrogens is 1930 g/mol. The van der Waals surface area contributed by atoms with Gasteiger partial charge in [-0.05, 0) is 113 Å². The van der Waals surface area contributed by atoms with Crippen LogP contribution in [0.2, 0.25) is 0 Å². The summed E-state index contributed by atoms with van der Waals surface area (Å²) in [7, 11) is 1.67. The van der Waals surface area contributed by atoms with Gasteiger partial charge in [-0.1, -0.05) is 21.6 Å². The van der Waals surface area contributed by atoms with Gasteiger partial charge in [-0.25, -0.2) is 34.3 Å². The average molecular weight is 2040 g/mol. The molecule has 6 rings (SSSR count). The first-order valence-electron chi connectivity index (χ1n) is 44.0. The number of nitrogens with two attached hydrogens (primary N) is 3. The van der Waals surface area contributed by atoms with Crippen LogP contribution in [0.1, 0.15) is 141 Å². The first-order valence-corrected chi connectivity index (χ1v) is 46.5. The van der Waals surface area contributed by atoms with E-state index in [1.165, 1.54) is 60.9 Å². The Kier molecular flexibility index (Phi) is 48.8. The standard InChI is InChI=1S/C83H116N24O33S2/c84-68-64-69(105-82(85)104-68)92-32-42(94-64)30-90-40-7-3-39(4-8-40)72(128)102-52(80(137)138)24-28-141-142-37-53(81(139)140)103-77(133)48(11-17-60(119)89-27-23-55(114)67(126)57(116)36-110)98-76(132)50(14-20-63(123)124)100-74(130)47(10-16-58(117)87-25-21-44(111)29-45(112)34-108)97-75(131)49(13-19-62(121)122)99-73(129)46(9-15-59(118)88-26-22-54(113)66(125)56(115)35-109)96-61(120)18-12-51(79(135)136)101-71(127)38-1-5-41(6-2-38)91-31-43-33-93-70-65(95-43)78(134)107-83(86)106-70/h1-8,32-33,44-57,66-67,90-91,108-116,125-126H,9-31,34-37H2,(H,87,117)(H,88,118)(H,89,119)(H,96,120)(H,97,131)(H,98,132)(H,99,129)(H,100,130)(H,101,127)(H,102,128)(H,103,133)(H,121,122)(H,123,124)(H,135,136)(H,137,138)(H,139,140)(H4,84,85,92,104,105)(H3,86,93,106,107,134)/t44-,45+,46+,47+,48+,49+,50+,51+,52+,53+,54-,55-,56-,57-,66?,67?/m1/s1. The van der Waals surface area contributed by atoms with E-state index in [4.69, 9.17) is 17.2 Å². The summed E-state index contributed by atoms with van der Waals surface area (Å²) >= 11 is 0. The first-order chi connectivity index (χ1) is 67.3. The quantitative estimate of drug-likeness (QED) is 0.0125. The number of anilines is 5. The highest BCUT2D eigenvalue weighted by atomic mass is 33.1. The number of nitrogens with one attached hydrogen (secondary N) is 14. The number of nitrogen functional groups attached to an aromatic ring is 3. The van der Waals surface area contributed by atoms with Crippen LogP contribution < -0.4 is 91.9 Å². The molecule has 2 unspecified atom stereocenters. The number of carbonyl (C=O) groups excluding carboxylic acids is 11. The van der Waals surface area contributed by atoms with E-state index in [-0.39, 0.29) is 95.8 Å². The van der Waals surface area contributed by atoms with Crippen molar-refractivity contribution in [3.05, 3.63) is 93.8 Å². The van der Waals surface area contributed by atoms with E-state index in [0.29, 0.717) is 22.8 Å². The zero-order valence-electron chi connectivity index (χ0n) is 75.9. The molecule has 4 heterocycles. The predicted molar refractivity (Wildman–Crippen MR) is 498 cm³/mol. The molecule has 57 nitrogen and oxygen atoms in total. The van der Waals surface area contributed by atoms with Crippen LogP contribution in [0.5, 0.6) is 0 Å². The SMILES string of the molecule is Nc1nc(N)c2nc(CNc3ccc(C(=O)N[C@@H](CCSSC[C@H](NC(=O)[C@H](CCC(=O)NCC[C@@H](O)C(O)[C@H](O)CO)NC(=O)[C@H](CCC(=O)O)NC(=O)[C@H](CCC(=O)NCC[C@@H](O)C[C@H](O)CO)NC(=O)[C@H](CCC(=O)O)NC(=O)[C@H](CCC(=O)NCC[C@@H](O)C(O)[C@H](O)CO)NC(=O)CC[C@H](NC(=O)c4ccc(NCc5cnc6nc(N)[nH]c(=O)c6n5)cc4)C(=O)O)C(=O)O)C(=O)O)cc3)cnc2n1. The Morgan fingerprint density at radius 3 is 1.15 bits per heavy atom. The van der Waals surface area contributed by atoms with Crippen LogP contribution in [0.3, 0.4) is 0 Å². The Labute approximate surface area is 813 Å². The van der Waals surface area contributed by atoms with E-state index in [2.05, 4.69) is 109 Å². The Balaban J connectivity index is 1.22. The molecule has 4 aromatic heterocycles. The van der Waals surface area contributed by atoms with Crippen molar-refractivity contribution in [1.29, 1.82) is 0 Å². The molecule has 59 heteroatoms. The maximum absolute atomic E-state index is 14.9. The average Bonchev–Trinajstić information content (AvgIpc) is 0.811. The number of aliphatic hydroxyl groups excluding tert-OH is 11. The smallest absolute Gasteiger partial charge is 0.327 e. The Morgan fingerprint density at radius 1 is 0.373 bits per heavy atom. The fourth-order valence-corrected chi connectivity index (χ4v) is 15.3. The third-order valence-corrected chi connectivity index (χ3v) is 23.5. The lowest BCUT2D eigenvalue weighted by Crippen LogP contribution is -2.59. The molecule has 0 aliphatic heterocycles. The number of rotatable bonds is 66. The summed E-state index contributed by atoms with van der Waals surface area (Å²) < 4.78 is 0. The van der Waals surface area contributed by atoms with Gasteiger partial charge in [0.15, 0.2) is 28.1 Å². The van der Waals surface area contributed by atoms with E-state index in [1.54, 1.807) is 0 Å². The summed E-state index contributed by atoms with van der Waals surface area (Å²) in [4.78, 5) is 261. The molecule has 0 spiro atoms. The molecule has 0 saturated carbocycles. The summed E-state index contributed by atoms with van der Waals surface area (Å²) in [6.45, 7) is -3.78. The molecule has 0 radical (unpaired) electrons. The molecule has 0 bridgehead atoms. The Hall–Kier alpha value is -14.1. The molecular formula is C83H116N24O33S2. The van der Waals surface area contributed by atoms with Crippen molar-refractivity contribution in [2.45, 2.75) is 219 Å². The van der Waals surface area contributed by atoms with Crippen LogP contribution in [0.25, 0.3) is 22.3 Å². The van der Waals surface area contributed by atoms with Crippen molar-refractivity contribution in [1.82, 2.24) is 98.4 Å². The van der Waals surface area contributed by atoms with Gasteiger partial charge < -0.3 is 168 Å². The number of H-pyrrole nitrogens is 1. The molecule has 0 aliphatic rings. The summed E-state index contributed by atoms with van der Waals surface area (Å²) in [6.07, 6.45) is -22.7. The van der Waals surface area contributed by atoms with Crippen molar-refractivity contribution in [3.8, 4) is 0 Å². The van der Waals surface area contributed by atoms with E-state index in [0.717, 1.165) is 21.6 Å². The molecule has 142 heavy (non-hydrogen) atoms. The summed E-state index contributed by atoms with van der Waals surface area (Å²) in [5.74, 6) is -22.0. The second kappa shape index (κ2) is 59.4. The lowest BCUT2D eigenvalue weighted by molar-refractivity contribution is -0.142. The molecule has 6 aromatic rings. The van der Waals surface area contributed by atoms with Gasteiger partial charge in [0, 0.05) is 98.6 Å². The number of carboxylic acids is 5. The molecule has 0 aliphatic carbocycles. The lowest BCUT2D eigenvalue weighted by Gasteiger charge is -2.27. The van der Waals surface area contributed by atoms with Crippen LogP contribution in [0.15, 0.2) is 65.7 Å². The highest BCUT2D eigenvalue weighted by molar-refractivity contribution is 8.76. The molecule has 36 N–H and O–H groups in total. The minimum absolute atomic E-state index is 0.00776. The number of hydrogen-bond acceptors (Lipinski definition) is 42. The molecule has 778 valence electrons. The summed E-state index contributed by atoms with van der Waals surface area (Å²) in [5.41, 5.74) is 18.4. The van der Waals surface area contributed by atoms with Gasteiger partial charge in [-0.3, -0.25) is 72.1 Å². The number of fused-ring (bicyclic) bond motifs is 2. The highest BCUT2D eigenvalue weighted by Crippen LogP contribution is 2.25. The zero-order chi connectivity index (χ0) is 105. The number of nitrogens with zero attached hydrogens (tertiary/aromatic N) is 7. The minimum atomic E-state index is -2.17. The lowest BCUT2D eigenvalue weighted by atomic mass is 10.0. The van der Waals surface area contributed by atoms with Gasteiger partial charge in [0.25, 0.3) is 17.4 Å². The number of aromatic amines is 1. The van der Waals surface area contributed by atoms with Crippen molar-refractivity contribution >= 4 is 168 Å². The van der Waals surface area contributed by atoms with Crippen molar-refractivity contribution < 1.29 is 158 Å². The topological polar surface area (TPSA) is 954 Å². The van der Waals surface area contributed by atoms with E-state index < -0.39 is 326 Å². The van der Waals surface area contributed by atoms with Crippen LogP contribution in [-0.4, -0.2) is 365 Å². The number of carboxylic acid groups (broad SMARTS) is 5. The highest BCUT2D eigenvalue weighted by Gasteiger charge is 2.37. The number of carbonyl (C=O) groups is 16. The first kappa shape index (κ1) is 117. The predicted octanol–water partition coefficient (Wildman–Crippen LogP) is -9.13. The zero-order valence-corrected chi connectivity index (χ0v) is 77.5. The van der Waals surface area contributed by atoms with Gasteiger partial charge in [0.2, 0.25) is 65.1 Å². The van der Waals surface area contributed by atoms with Gasteiger partial charge in [-0.2, -0.15) is 15.0 Å². The number of amides is 11. The number of benzene rings is 2. The Bertz CT molecular complexity index is 5380.